The van der Waals surface area contributed by atoms with Crippen LogP contribution in [0.3, 0.4) is 0 Å². The van der Waals surface area contributed by atoms with E-state index in [1.807, 2.05) is 0 Å². The third-order valence-corrected chi connectivity index (χ3v) is 12.1. The Morgan fingerprint density at radius 2 is 0.675 bits per heavy atom. The standard InChI is InChI=1S/C51H84N14O15/c1-23(2)21-37(49(77)60-29(8)44(72)62-33(12)51(79)80)64-47(75)32(11)58-41(69)26(5)55-42(70)27(6)59-48(76)36(15-13-14-20-52)63-45(73)31(10)57-40(68)25(4)56-43(71)28(7)61-50(78)38(22-34-16-18-35(66)19-17-34)65-46(74)30(9)54-39(67)24(3)53/h16-19,23-33,36-38,66H,13-15,20-22,52-53H2,1-12H3,(H,54,67)(H,55,70)(H,56,71)(H,57,68)(H,58,69)(H,59,76)(H,60,77)(H,61,78)(H,62,72)(H,63,73)(H,64,75)(H,65,74)(H,79,80)/t24-,25-,26-,27-,28-,29-,30-,31-,32-,33-,36-,37-,38-/m0/s1. The summed E-state index contributed by atoms with van der Waals surface area (Å²) in [6, 6.07) is -9.88. The summed E-state index contributed by atoms with van der Waals surface area (Å²) in [5, 5.41) is 48.3. The minimum absolute atomic E-state index is 0.0438. The van der Waals surface area contributed by atoms with E-state index in [0.29, 0.717) is 18.4 Å². The second-order valence-electron chi connectivity index (χ2n) is 20.2. The summed E-state index contributed by atoms with van der Waals surface area (Å²) in [7, 11) is 0. The molecule has 13 atom stereocenters. The Morgan fingerprint density at radius 3 is 1.01 bits per heavy atom. The molecule has 0 fully saturated rings. The van der Waals surface area contributed by atoms with Crippen LogP contribution in [0, 0.1) is 5.92 Å². The lowest BCUT2D eigenvalue weighted by Gasteiger charge is -2.26. The number of aromatic hydroxyl groups is 1. The highest BCUT2D eigenvalue weighted by Gasteiger charge is 2.33. The lowest BCUT2D eigenvalue weighted by molar-refractivity contribution is -0.141. The van der Waals surface area contributed by atoms with Crippen molar-refractivity contribution in [3.8, 4) is 5.75 Å². The molecule has 0 aliphatic rings. The minimum atomic E-state index is -1.28. The molecule has 1 aromatic rings. The number of unbranched alkanes of at least 4 members (excludes halogenated alkanes) is 1. The fourth-order valence-corrected chi connectivity index (χ4v) is 7.00. The molecule has 0 aliphatic carbocycles. The Balaban J connectivity index is 2.92. The number of phenols is 1. The van der Waals surface area contributed by atoms with Crippen LogP contribution in [-0.2, 0) is 68.7 Å². The number of phenolic OH excluding ortho intramolecular Hbond substituents is 1. The van der Waals surface area contributed by atoms with E-state index in [-0.39, 0.29) is 37.5 Å². The predicted molar refractivity (Wildman–Crippen MR) is 290 cm³/mol. The molecule has 0 saturated carbocycles. The first-order valence-corrected chi connectivity index (χ1v) is 26.3. The van der Waals surface area contributed by atoms with E-state index in [9.17, 15) is 67.4 Å². The normalized spacial score (nSPS) is 15.9. The van der Waals surface area contributed by atoms with E-state index in [4.69, 9.17) is 16.6 Å². The van der Waals surface area contributed by atoms with Gasteiger partial charge in [-0.05, 0) is 125 Å². The summed E-state index contributed by atoms with van der Waals surface area (Å²) >= 11 is 0. The molecule has 18 N–H and O–H groups in total. The molecule has 29 nitrogen and oxygen atoms in total. The van der Waals surface area contributed by atoms with Crippen molar-refractivity contribution >= 4 is 76.9 Å². The van der Waals surface area contributed by atoms with Gasteiger partial charge in [0, 0.05) is 6.42 Å². The molecule has 12 amide bonds. The third kappa shape index (κ3) is 25.2. The van der Waals surface area contributed by atoms with E-state index in [2.05, 4.69) is 63.8 Å². The summed E-state index contributed by atoms with van der Waals surface area (Å²) in [5.74, 6) is -10.8. The van der Waals surface area contributed by atoms with Gasteiger partial charge < -0.3 is 85.5 Å². The first-order valence-electron chi connectivity index (χ1n) is 26.3. The Labute approximate surface area is 465 Å². The van der Waals surface area contributed by atoms with Crippen LogP contribution < -0.4 is 75.3 Å². The van der Waals surface area contributed by atoms with Gasteiger partial charge in [-0.2, -0.15) is 0 Å². The molecular weight excluding hydrogens is 1050 g/mol. The van der Waals surface area contributed by atoms with Crippen molar-refractivity contribution in [2.45, 2.75) is 194 Å². The van der Waals surface area contributed by atoms with Crippen LogP contribution in [0.1, 0.15) is 114 Å². The number of rotatable bonds is 33. The van der Waals surface area contributed by atoms with Gasteiger partial charge in [0.1, 0.15) is 78.3 Å². The van der Waals surface area contributed by atoms with Crippen LogP contribution in [0.15, 0.2) is 24.3 Å². The molecule has 1 aromatic carbocycles. The van der Waals surface area contributed by atoms with E-state index >= 15 is 0 Å². The van der Waals surface area contributed by atoms with Gasteiger partial charge in [-0.15, -0.1) is 0 Å². The largest absolute Gasteiger partial charge is 0.508 e. The number of nitrogens with two attached hydrogens (primary N) is 2. The molecule has 0 bridgehead atoms. The van der Waals surface area contributed by atoms with Crippen molar-refractivity contribution in [2.75, 3.05) is 6.54 Å². The van der Waals surface area contributed by atoms with Crippen LogP contribution in [0.25, 0.3) is 0 Å². The van der Waals surface area contributed by atoms with E-state index in [1.165, 1.54) is 93.5 Å². The summed E-state index contributed by atoms with van der Waals surface area (Å²) in [6.45, 7) is 17.1. The van der Waals surface area contributed by atoms with Crippen molar-refractivity contribution in [3.05, 3.63) is 29.8 Å². The predicted octanol–water partition coefficient (Wildman–Crippen LogP) is -4.46. The van der Waals surface area contributed by atoms with Gasteiger partial charge in [-0.1, -0.05) is 26.0 Å². The van der Waals surface area contributed by atoms with E-state index < -0.39 is 155 Å². The van der Waals surface area contributed by atoms with Crippen molar-refractivity contribution in [1.82, 2.24) is 63.8 Å². The highest BCUT2D eigenvalue weighted by atomic mass is 16.4. The molecule has 80 heavy (non-hydrogen) atoms. The first-order chi connectivity index (χ1) is 37.2. The lowest BCUT2D eigenvalue weighted by atomic mass is 10.0. The molecule has 0 spiro atoms. The number of benzene rings is 1. The molecule has 29 heteroatoms. The van der Waals surface area contributed by atoms with Crippen LogP contribution in [-0.4, -0.2) is 172 Å². The van der Waals surface area contributed by atoms with Crippen LogP contribution in [0.4, 0.5) is 0 Å². The van der Waals surface area contributed by atoms with Gasteiger partial charge in [-0.25, -0.2) is 0 Å². The van der Waals surface area contributed by atoms with Crippen LogP contribution in [0.5, 0.6) is 5.75 Å². The number of carbonyl (C=O) groups is 13. The average molecular weight is 1130 g/mol. The van der Waals surface area contributed by atoms with Crippen molar-refractivity contribution in [3.63, 3.8) is 0 Å². The Bertz CT molecular complexity index is 2350. The zero-order chi connectivity index (χ0) is 61.3. The molecule has 1 rings (SSSR count). The maximum atomic E-state index is 13.5. The van der Waals surface area contributed by atoms with E-state index in [0.717, 1.165) is 0 Å². The number of hydrogen-bond donors (Lipinski definition) is 16. The van der Waals surface area contributed by atoms with E-state index in [1.54, 1.807) is 13.8 Å². The van der Waals surface area contributed by atoms with Gasteiger partial charge in [0.2, 0.25) is 70.9 Å². The number of nitrogens with one attached hydrogen (secondary N) is 12. The highest BCUT2D eigenvalue weighted by molar-refractivity contribution is 5.99. The topological polar surface area (TPSA) is 459 Å². The van der Waals surface area contributed by atoms with Gasteiger partial charge in [0.05, 0.1) is 6.04 Å². The summed E-state index contributed by atoms with van der Waals surface area (Å²) in [5.41, 5.74) is 11.8. The first kappa shape index (κ1) is 70.1. The Hall–Kier alpha value is -7.95. The maximum Gasteiger partial charge on any atom is 0.325 e. The SMILES string of the molecule is CC(C)C[C@H](NC(=O)[C@H](C)NC(=O)[C@H](C)NC(=O)[C@H](C)NC(=O)[C@H](CCCCN)NC(=O)[C@H](C)NC(=O)[C@H](C)NC(=O)[C@H](C)NC(=O)[C@H](Cc1ccc(O)cc1)NC(=O)[C@H](C)NC(=O)[C@H](C)N)C(=O)N[C@@H](C)C(=O)N[C@@H](C)C(=O)O. The maximum absolute atomic E-state index is 13.5. The molecule has 0 radical (unpaired) electrons. The monoisotopic (exact) mass is 1130 g/mol. The molecule has 0 aromatic heterocycles. The quantitative estimate of drug-likeness (QED) is 0.0295. The zero-order valence-electron chi connectivity index (χ0n) is 47.5. The fraction of sp³-hybridized carbons (Fsp3) is 0.627. The molecule has 448 valence electrons. The summed E-state index contributed by atoms with van der Waals surface area (Å²) in [4.78, 5) is 168. The average Bonchev–Trinajstić information content (AvgIpc) is 3.37. The third-order valence-electron chi connectivity index (χ3n) is 12.1. The summed E-state index contributed by atoms with van der Waals surface area (Å²) < 4.78 is 0. The molecule has 0 aliphatic heterocycles. The van der Waals surface area contributed by atoms with Gasteiger partial charge >= 0.3 is 5.97 Å². The molecule has 0 saturated heterocycles. The smallest absolute Gasteiger partial charge is 0.325 e. The van der Waals surface area contributed by atoms with Gasteiger partial charge in [0.25, 0.3) is 0 Å². The number of hydrogen-bond acceptors (Lipinski definition) is 16. The van der Waals surface area contributed by atoms with Crippen molar-refractivity contribution < 1.29 is 72.5 Å². The fourth-order valence-electron chi connectivity index (χ4n) is 7.00. The number of carbonyl (C=O) groups excluding carboxylic acids is 12. The Kier molecular flexibility index (Phi) is 29.9. The van der Waals surface area contributed by atoms with Crippen molar-refractivity contribution in [2.24, 2.45) is 17.4 Å². The van der Waals surface area contributed by atoms with Gasteiger partial charge in [0.15, 0.2) is 0 Å². The van der Waals surface area contributed by atoms with Crippen LogP contribution in [0.2, 0.25) is 0 Å². The molecular formula is C51H84N14O15. The lowest BCUT2D eigenvalue weighted by Crippen LogP contribution is -2.59. The minimum Gasteiger partial charge on any atom is -0.508 e. The number of aliphatic carboxylic acids is 1. The number of carboxylic acids is 1. The summed E-state index contributed by atoms with van der Waals surface area (Å²) in [6.07, 6.45) is 0.920. The number of amides is 12. The number of carboxylic acid groups (broad SMARTS) is 1. The van der Waals surface area contributed by atoms with Crippen molar-refractivity contribution in [1.29, 1.82) is 0 Å². The van der Waals surface area contributed by atoms with Gasteiger partial charge in [-0.3, -0.25) is 62.3 Å². The molecule has 0 unspecified atom stereocenters. The second-order valence-corrected chi connectivity index (χ2v) is 20.2. The second kappa shape index (κ2) is 34.1. The Morgan fingerprint density at radius 1 is 0.388 bits per heavy atom. The van der Waals surface area contributed by atoms with Crippen LogP contribution >= 0.6 is 0 Å². The molecule has 0 heterocycles. The highest BCUT2D eigenvalue weighted by Crippen LogP contribution is 2.12. The zero-order valence-corrected chi connectivity index (χ0v) is 47.5.